The average molecular weight is 260 g/mol. The molecule has 1 aromatic carbocycles. The first-order valence-electron chi connectivity index (χ1n) is 7.23. The molecule has 0 saturated heterocycles. The minimum absolute atomic E-state index is 0.208. The number of benzene rings is 1. The van der Waals surface area contributed by atoms with Crippen molar-refractivity contribution < 1.29 is 4.79 Å². The second-order valence-electron chi connectivity index (χ2n) is 5.68. The van der Waals surface area contributed by atoms with Crippen molar-refractivity contribution >= 4 is 11.6 Å². The maximum atomic E-state index is 12.1. The summed E-state index contributed by atoms with van der Waals surface area (Å²) in [6.07, 6.45) is 5.18. The molecule has 3 nitrogen and oxygen atoms in total. The Hall–Kier alpha value is -1.51. The standard InChI is InChI=1S/C16H24N2O/c1-3-13-8-4-5-10-16(13,15(17)19)18-14-9-6-7-12(2)11-14/h6-7,9,11,13,18H,3-5,8,10H2,1-2H3,(H2,17,19). The Morgan fingerprint density at radius 1 is 1.47 bits per heavy atom. The second-order valence-corrected chi connectivity index (χ2v) is 5.68. The third kappa shape index (κ3) is 2.75. The van der Waals surface area contributed by atoms with Crippen LogP contribution in [0.15, 0.2) is 24.3 Å². The number of carbonyl (C=O) groups excluding carboxylic acids is 1. The van der Waals surface area contributed by atoms with Crippen LogP contribution < -0.4 is 11.1 Å². The number of carbonyl (C=O) groups is 1. The Balaban J connectivity index is 2.31. The molecule has 1 saturated carbocycles. The fourth-order valence-corrected chi connectivity index (χ4v) is 3.33. The Bertz CT molecular complexity index is 458. The third-order valence-corrected chi connectivity index (χ3v) is 4.39. The summed E-state index contributed by atoms with van der Waals surface area (Å²) < 4.78 is 0. The molecule has 1 aromatic rings. The van der Waals surface area contributed by atoms with Crippen LogP contribution in [0.5, 0.6) is 0 Å². The summed E-state index contributed by atoms with van der Waals surface area (Å²) in [5, 5.41) is 3.46. The molecule has 1 fully saturated rings. The Labute approximate surface area is 115 Å². The number of hydrogen-bond donors (Lipinski definition) is 2. The molecule has 3 N–H and O–H groups in total. The van der Waals surface area contributed by atoms with Gasteiger partial charge >= 0.3 is 0 Å². The SMILES string of the molecule is CCC1CCCCC1(Nc1cccc(C)c1)C(N)=O. The van der Waals surface area contributed by atoms with E-state index in [2.05, 4.69) is 31.3 Å². The minimum atomic E-state index is -0.569. The van der Waals surface area contributed by atoms with Gasteiger partial charge in [-0.3, -0.25) is 4.79 Å². The highest BCUT2D eigenvalue weighted by atomic mass is 16.1. The first-order valence-corrected chi connectivity index (χ1v) is 7.23. The van der Waals surface area contributed by atoms with Crippen molar-refractivity contribution in [2.45, 2.75) is 51.5 Å². The quantitative estimate of drug-likeness (QED) is 0.873. The first kappa shape index (κ1) is 13.9. The van der Waals surface area contributed by atoms with Gasteiger partial charge in [-0.2, -0.15) is 0 Å². The molecule has 1 aliphatic rings. The maximum absolute atomic E-state index is 12.1. The van der Waals surface area contributed by atoms with E-state index in [0.717, 1.165) is 31.4 Å². The molecule has 104 valence electrons. The molecular formula is C16H24N2O. The van der Waals surface area contributed by atoms with Gasteiger partial charge in [-0.15, -0.1) is 0 Å². The lowest BCUT2D eigenvalue weighted by molar-refractivity contribution is -0.125. The first-order chi connectivity index (χ1) is 9.08. The van der Waals surface area contributed by atoms with E-state index in [4.69, 9.17) is 5.73 Å². The van der Waals surface area contributed by atoms with E-state index in [0.29, 0.717) is 5.92 Å². The number of primary amides is 1. The lowest BCUT2D eigenvalue weighted by atomic mass is 9.70. The molecule has 0 bridgehead atoms. The predicted molar refractivity (Wildman–Crippen MR) is 79.0 cm³/mol. The molecule has 19 heavy (non-hydrogen) atoms. The van der Waals surface area contributed by atoms with Crippen LogP contribution in [-0.2, 0) is 4.79 Å². The maximum Gasteiger partial charge on any atom is 0.243 e. The molecule has 0 aliphatic heterocycles. The Morgan fingerprint density at radius 2 is 2.26 bits per heavy atom. The van der Waals surface area contributed by atoms with Crippen LogP contribution in [0.1, 0.15) is 44.6 Å². The molecule has 0 radical (unpaired) electrons. The number of amides is 1. The monoisotopic (exact) mass is 260 g/mol. The number of anilines is 1. The van der Waals surface area contributed by atoms with Crippen molar-refractivity contribution in [2.75, 3.05) is 5.32 Å². The summed E-state index contributed by atoms with van der Waals surface area (Å²) in [5.41, 5.74) is 7.37. The lowest BCUT2D eigenvalue weighted by Gasteiger charge is -2.42. The van der Waals surface area contributed by atoms with Crippen molar-refractivity contribution in [3.63, 3.8) is 0 Å². The zero-order valence-corrected chi connectivity index (χ0v) is 11.9. The number of aryl methyl sites for hydroxylation is 1. The molecule has 1 amide bonds. The molecule has 2 unspecified atom stereocenters. The molecule has 0 aromatic heterocycles. The summed E-state index contributed by atoms with van der Waals surface area (Å²) >= 11 is 0. The topological polar surface area (TPSA) is 55.1 Å². The van der Waals surface area contributed by atoms with Crippen LogP contribution in [0.2, 0.25) is 0 Å². The van der Waals surface area contributed by atoms with Crippen LogP contribution in [0.25, 0.3) is 0 Å². The molecule has 2 rings (SSSR count). The molecule has 2 atom stereocenters. The summed E-state index contributed by atoms with van der Waals surface area (Å²) in [6, 6.07) is 8.15. The normalized spacial score (nSPS) is 26.9. The molecule has 3 heteroatoms. The van der Waals surface area contributed by atoms with Crippen molar-refractivity contribution in [3.05, 3.63) is 29.8 Å². The third-order valence-electron chi connectivity index (χ3n) is 4.39. The van der Waals surface area contributed by atoms with Crippen molar-refractivity contribution in [1.29, 1.82) is 0 Å². The Kier molecular flexibility index (Phi) is 4.13. The van der Waals surface area contributed by atoms with Gasteiger partial charge in [-0.1, -0.05) is 38.3 Å². The largest absolute Gasteiger partial charge is 0.371 e. The molecular weight excluding hydrogens is 236 g/mol. The van der Waals surface area contributed by atoms with Gasteiger partial charge in [0.25, 0.3) is 0 Å². The predicted octanol–water partition coefficient (Wildman–Crippen LogP) is 3.23. The van der Waals surface area contributed by atoms with Gasteiger partial charge in [0.1, 0.15) is 5.54 Å². The van der Waals surface area contributed by atoms with E-state index in [-0.39, 0.29) is 5.91 Å². The van der Waals surface area contributed by atoms with E-state index in [9.17, 15) is 4.79 Å². The fraction of sp³-hybridized carbons (Fsp3) is 0.562. The smallest absolute Gasteiger partial charge is 0.243 e. The number of nitrogens with one attached hydrogen (secondary N) is 1. The van der Waals surface area contributed by atoms with Crippen molar-refractivity contribution in [3.8, 4) is 0 Å². The molecule has 0 heterocycles. The van der Waals surface area contributed by atoms with Crippen LogP contribution >= 0.6 is 0 Å². The summed E-state index contributed by atoms with van der Waals surface area (Å²) in [4.78, 5) is 12.1. The highest BCUT2D eigenvalue weighted by molar-refractivity contribution is 5.88. The zero-order valence-electron chi connectivity index (χ0n) is 11.9. The number of hydrogen-bond acceptors (Lipinski definition) is 2. The van der Waals surface area contributed by atoms with E-state index in [1.165, 1.54) is 12.0 Å². The fourth-order valence-electron chi connectivity index (χ4n) is 3.33. The second kappa shape index (κ2) is 5.64. The summed E-state index contributed by atoms with van der Waals surface area (Å²) in [6.45, 7) is 4.20. The van der Waals surface area contributed by atoms with Gasteiger partial charge < -0.3 is 11.1 Å². The van der Waals surface area contributed by atoms with Gasteiger partial charge in [0.2, 0.25) is 5.91 Å². The minimum Gasteiger partial charge on any atom is -0.371 e. The van der Waals surface area contributed by atoms with Crippen LogP contribution in [-0.4, -0.2) is 11.4 Å². The van der Waals surface area contributed by atoms with E-state index in [1.54, 1.807) is 0 Å². The van der Waals surface area contributed by atoms with E-state index in [1.807, 2.05) is 12.1 Å². The van der Waals surface area contributed by atoms with E-state index < -0.39 is 5.54 Å². The van der Waals surface area contributed by atoms with Gasteiger partial charge in [0.05, 0.1) is 0 Å². The summed E-state index contributed by atoms with van der Waals surface area (Å²) in [5.74, 6) is 0.125. The van der Waals surface area contributed by atoms with Crippen LogP contribution in [0.4, 0.5) is 5.69 Å². The number of nitrogens with two attached hydrogens (primary N) is 1. The zero-order chi connectivity index (χ0) is 13.9. The van der Waals surface area contributed by atoms with Gasteiger partial charge in [0, 0.05) is 5.69 Å². The Morgan fingerprint density at radius 3 is 2.89 bits per heavy atom. The lowest BCUT2D eigenvalue weighted by Crippen LogP contribution is -2.57. The van der Waals surface area contributed by atoms with E-state index >= 15 is 0 Å². The van der Waals surface area contributed by atoms with Crippen molar-refractivity contribution in [2.24, 2.45) is 11.7 Å². The van der Waals surface area contributed by atoms with Crippen LogP contribution in [0, 0.1) is 12.8 Å². The average Bonchev–Trinajstić information content (AvgIpc) is 2.39. The molecule has 1 aliphatic carbocycles. The highest BCUT2D eigenvalue weighted by Crippen LogP contribution is 2.38. The van der Waals surface area contributed by atoms with Gasteiger partial charge in [0.15, 0.2) is 0 Å². The highest BCUT2D eigenvalue weighted by Gasteiger charge is 2.44. The molecule has 0 spiro atoms. The van der Waals surface area contributed by atoms with Gasteiger partial charge in [-0.25, -0.2) is 0 Å². The number of rotatable bonds is 4. The van der Waals surface area contributed by atoms with Gasteiger partial charge in [-0.05, 0) is 43.4 Å². The van der Waals surface area contributed by atoms with Crippen molar-refractivity contribution in [1.82, 2.24) is 0 Å². The van der Waals surface area contributed by atoms with Crippen LogP contribution in [0.3, 0.4) is 0 Å². The summed E-state index contributed by atoms with van der Waals surface area (Å²) in [7, 11) is 0.